The Balaban J connectivity index is 1.49. The van der Waals surface area contributed by atoms with Crippen LogP contribution in [0.15, 0.2) is 108 Å². The highest BCUT2D eigenvalue weighted by molar-refractivity contribution is 8.00. The zero-order valence-corrected chi connectivity index (χ0v) is 24.3. The standard InChI is InChI=1S/C32H26ClFN4O4S/c1-19(30(40)36-22-15-13-20(14-16-22)29(35)39)43-24-10-5-9-23(17-24)37-32(42)28(18-25-26(33)11-6-12-27(25)34)38-31(41)21-7-3-2-4-8-21/h2-19H,1H3,(H2,35,39)(H,36,40)(H,37,42)(H,38,41)/b28-18+. The summed E-state index contributed by atoms with van der Waals surface area (Å²) in [6.45, 7) is 1.72. The third kappa shape index (κ3) is 8.54. The van der Waals surface area contributed by atoms with E-state index in [0.29, 0.717) is 27.4 Å². The van der Waals surface area contributed by atoms with Gasteiger partial charge in [0.05, 0.1) is 10.3 Å². The van der Waals surface area contributed by atoms with E-state index in [2.05, 4.69) is 16.0 Å². The van der Waals surface area contributed by atoms with Crippen molar-refractivity contribution in [3.8, 4) is 0 Å². The minimum atomic E-state index is -0.712. The first-order chi connectivity index (χ1) is 20.6. The SMILES string of the molecule is CC(Sc1cccc(NC(=O)/C(=C\c2c(F)cccc2Cl)NC(=O)c2ccccc2)c1)C(=O)Nc1ccc(C(N)=O)cc1. The second-order valence-electron chi connectivity index (χ2n) is 9.19. The molecule has 0 saturated carbocycles. The second-order valence-corrected chi connectivity index (χ2v) is 11.0. The van der Waals surface area contributed by atoms with Crippen LogP contribution < -0.4 is 21.7 Å². The summed E-state index contributed by atoms with van der Waals surface area (Å²) in [6.07, 6.45) is 1.18. The summed E-state index contributed by atoms with van der Waals surface area (Å²) in [6, 6.07) is 25.3. The third-order valence-corrected chi connectivity index (χ3v) is 7.45. The summed E-state index contributed by atoms with van der Waals surface area (Å²) in [4.78, 5) is 50.9. The van der Waals surface area contributed by atoms with Crippen LogP contribution in [0.1, 0.15) is 33.2 Å². The Labute approximate surface area is 256 Å². The Bertz CT molecular complexity index is 1680. The molecule has 0 radical (unpaired) electrons. The first-order valence-electron chi connectivity index (χ1n) is 12.9. The minimum absolute atomic E-state index is 0.0592. The van der Waals surface area contributed by atoms with E-state index in [9.17, 15) is 23.6 Å². The molecular weight excluding hydrogens is 591 g/mol. The average Bonchev–Trinajstić information content (AvgIpc) is 2.99. The molecule has 1 unspecified atom stereocenters. The Hall–Kier alpha value is -4.93. The lowest BCUT2D eigenvalue weighted by atomic mass is 10.1. The molecule has 0 bridgehead atoms. The summed E-state index contributed by atoms with van der Waals surface area (Å²) in [5, 5.41) is 7.59. The molecule has 11 heteroatoms. The van der Waals surface area contributed by atoms with E-state index in [4.69, 9.17) is 17.3 Å². The molecule has 0 aromatic heterocycles. The normalized spacial score (nSPS) is 11.7. The fourth-order valence-corrected chi connectivity index (χ4v) is 4.94. The van der Waals surface area contributed by atoms with Crippen molar-refractivity contribution < 1.29 is 23.6 Å². The molecule has 4 amide bonds. The molecule has 0 aliphatic rings. The van der Waals surface area contributed by atoms with E-state index in [1.807, 2.05) is 0 Å². The van der Waals surface area contributed by atoms with Crippen LogP contribution in [0.2, 0.25) is 5.02 Å². The summed E-state index contributed by atoms with van der Waals surface area (Å²) in [7, 11) is 0. The Morgan fingerprint density at radius 2 is 1.53 bits per heavy atom. The van der Waals surface area contributed by atoms with E-state index in [1.54, 1.807) is 73.7 Å². The van der Waals surface area contributed by atoms with Crippen LogP contribution in [0.3, 0.4) is 0 Å². The number of halogens is 2. The van der Waals surface area contributed by atoms with Crippen LogP contribution in [-0.2, 0) is 9.59 Å². The van der Waals surface area contributed by atoms with E-state index in [1.165, 1.54) is 48.2 Å². The highest BCUT2D eigenvalue weighted by Gasteiger charge is 2.19. The monoisotopic (exact) mass is 616 g/mol. The molecule has 0 aliphatic heterocycles. The van der Waals surface area contributed by atoms with Gasteiger partial charge in [-0.15, -0.1) is 11.8 Å². The van der Waals surface area contributed by atoms with Crippen molar-refractivity contribution in [2.75, 3.05) is 10.6 Å². The molecule has 0 aliphatic carbocycles. The number of benzene rings is 4. The lowest BCUT2D eigenvalue weighted by molar-refractivity contribution is -0.115. The van der Waals surface area contributed by atoms with Crippen molar-refractivity contribution in [1.29, 1.82) is 0 Å². The van der Waals surface area contributed by atoms with Crippen molar-refractivity contribution in [3.05, 3.63) is 130 Å². The van der Waals surface area contributed by atoms with Crippen LogP contribution in [-0.4, -0.2) is 28.9 Å². The molecule has 1 atom stereocenters. The second kappa shape index (κ2) is 14.3. The number of anilines is 2. The Morgan fingerprint density at radius 1 is 0.837 bits per heavy atom. The van der Waals surface area contributed by atoms with Gasteiger partial charge in [0.25, 0.3) is 11.8 Å². The molecule has 218 valence electrons. The van der Waals surface area contributed by atoms with E-state index in [-0.39, 0.29) is 22.2 Å². The molecule has 0 saturated heterocycles. The van der Waals surface area contributed by atoms with Gasteiger partial charge in [-0.1, -0.05) is 41.9 Å². The lowest BCUT2D eigenvalue weighted by Gasteiger charge is -2.14. The molecule has 4 aromatic rings. The molecular formula is C32H26ClFN4O4S. The number of hydrogen-bond acceptors (Lipinski definition) is 5. The van der Waals surface area contributed by atoms with E-state index < -0.39 is 28.8 Å². The zero-order chi connectivity index (χ0) is 30.9. The largest absolute Gasteiger partial charge is 0.366 e. The maximum atomic E-state index is 14.6. The summed E-state index contributed by atoms with van der Waals surface area (Å²) in [5.41, 5.74) is 6.48. The Kier molecular flexibility index (Phi) is 10.3. The number of thioether (sulfide) groups is 1. The molecule has 8 nitrogen and oxygen atoms in total. The maximum Gasteiger partial charge on any atom is 0.272 e. The number of nitrogens with one attached hydrogen (secondary N) is 3. The molecule has 5 N–H and O–H groups in total. The highest BCUT2D eigenvalue weighted by atomic mass is 35.5. The number of hydrogen-bond donors (Lipinski definition) is 4. The maximum absolute atomic E-state index is 14.6. The molecule has 0 fully saturated rings. The van der Waals surface area contributed by atoms with Crippen molar-refractivity contribution in [2.45, 2.75) is 17.1 Å². The lowest BCUT2D eigenvalue weighted by Crippen LogP contribution is -2.30. The summed E-state index contributed by atoms with van der Waals surface area (Å²) < 4.78 is 14.6. The third-order valence-electron chi connectivity index (χ3n) is 6.03. The zero-order valence-electron chi connectivity index (χ0n) is 22.8. The fraction of sp³-hybridized carbons (Fsp3) is 0.0625. The van der Waals surface area contributed by atoms with Crippen LogP contribution in [0, 0.1) is 5.82 Å². The van der Waals surface area contributed by atoms with Gasteiger partial charge in [0.15, 0.2) is 0 Å². The van der Waals surface area contributed by atoms with Gasteiger partial charge in [-0.3, -0.25) is 19.2 Å². The molecule has 43 heavy (non-hydrogen) atoms. The number of carbonyl (C=O) groups excluding carboxylic acids is 4. The van der Waals surface area contributed by atoms with Crippen molar-refractivity contribution >= 4 is 64.4 Å². The number of rotatable bonds is 10. The van der Waals surface area contributed by atoms with Gasteiger partial charge in [0, 0.05) is 33.0 Å². The number of primary amides is 1. The van der Waals surface area contributed by atoms with Crippen LogP contribution in [0.4, 0.5) is 15.8 Å². The number of nitrogens with two attached hydrogens (primary N) is 1. The Morgan fingerprint density at radius 3 is 2.21 bits per heavy atom. The molecule has 0 spiro atoms. The highest BCUT2D eigenvalue weighted by Crippen LogP contribution is 2.27. The van der Waals surface area contributed by atoms with Crippen LogP contribution in [0.25, 0.3) is 6.08 Å². The first-order valence-corrected chi connectivity index (χ1v) is 14.2. The van der Waals surface area contributed by atoms with Gasteiger partial charge < -0.3 is 21.7 Å². The van der Waals surface area contributed by atoms with Crippen molar-refractivity contribution in [3.63, 3.8) is 0 Å². The smallest absolute Gasteiger partial charge is 0.272 e. The van der Waals surface area contributed by atoms with E-state index in [0.717, 1.165) is 0 Å². The van der Waals surface area contributed by atoms with Crippen LogP contribution >= 0.6 is 23.4 Å². The molecule has 0 heterocycles. The van der Waals surface area contributed by atoms with Gasteiger partial charge >= 0.3 is 0 Å². The van der Waals surface area contributed by atoms with Gasteiger partial charge in [-0.25, -0.2) is 4.39 Å². The topological polar surface area (TPSA) is 130 Å². The predicted molar refractivity (Wildman–Crippen MR) is 167 cm³/mol. The van der Waals surface area contributed by atoms with Gasteiger partial charge in [0.1, 0.15) is 11.5 Å². The number of amides is 4. The summed E-state index contributed by atoms with van der Waals surface area (Å²) in [5.74, 6) is -2.78. The minimum Gasteiger partial charge on any atom is -0.366 e. The van der Waals surface area contributed by atoms with E-state index >= 15 is 0 Å². The van der Waals surface area contributed by atoms with Gasteiger partial charge in [0.2, 0.25) is 11.8 Å². The summed E-state index contributed by atoms with van der Waals surface area (Å²) >= 11 is 7.43. The fourth-order valence-electron chi connectivity index (χ4n) is 3.80. The molecule has 4 rings (SSSR count). The first kappa shape index (κ1) is 31.0. The number of carbonyl (C=O) groups is 4. The van der Waals surface area contributed by atoms with Gasteiger partial charge in [-0.2, -0.15) is 0 Å². The van der Waals surface area contributed by atoms with Crippen molar-refractivity contribution in [1.82, 2.24) is 5.32 Å². The van der Waals surface area contributed by atoms with Crippen LogP contribution in [0.5, 0.6) is 0 Å². The molecule has 4 aromatic carbocycles. The van der Waals surface area contributed by atoms with Crippen molar-refractivity contribution in [2.24, 2.45) is 5.73 Å². The quantitative estimate of drug-likeness (QED) is 0.126. The predicted octanol–water partition coefficient (Wildman–Crippen LogP) is 6.11. The van der Waals surface area contributed by atoms with Gasteiger partial charge in [-0.05, 0) is 79.7 Å². The average molecular weight is 617 g/mol.